The average Bonchev–Trinajstić information content (AvgIpc) is 4.00. The van der Waals surface area contributed by atoms with E-state index in [0.29, 0.717) is 111 Å². The quantitative estimate of drug-likeness (QED) is 0.0271. The van der Waals surface area contributed by atoms with E-state index in [1.54, 1.807) is 7.11 Å². The predicted molar refractivity (Wildman–Crippen MR) is 247 cm³/mol. The number of hydrogen-bond acceptors (Lipinski definition) is 16. The third-order valence-corrected chi connectivity index (χ3v) is 11.5. The number of likely N-dealkylation sites (tertiary alicyclic amines) is 1. The molecule has 0 aliphatic carbocycles. The van der Waals surface area contributed by atoms with Crippen LogP contribution in [0.15, 0.2) is 12.5 Å². The van der Waals surface area contributed by atoms with Crippen molar-refractivity contribution in [2.45, 2.75) is 90.0 Å². The number of carbonyl (C=O) groups excluding carboxylic acids is 6. The Kier molecular flexibility index (Phi) is 31.0. The smallest absolute Gasteiger partial charge is 0.325 e. The molecule has 396 valence electrons. The van der Waals surface area contributed by atoms with Gasteiger partial charge in [0.15, 0.2) is 0 Å². The highest BCUT2D eigenvalue weighted by Gasteiger charge is 2.37. The van der Waals surface area contributed by atoms with Gasteiger partial charge < -0.3 is 84.6 Å². The van der Waals surface area contributed by atoms with E-state index < -0.39 is 79.4 Å². The Bertz CT molecular complexity index is 1690. The lowest BCUT2D eigenvalue weighted by atomic mass is 10.0. The lowest BCUT2D eigenvalue weighted by Crippen LogP contribution is -2.59. The molecule has 0 radical (unpaired) electrons. The molecule has 1 aromatic rings. The van der Waals surface area contributed by atoms with Crippen LogP contribution in [-0.2, 0) is 77.6 Å². The van der Waals surface area contributed by atoms with Crippen LogP contribution in [0.4, 0.5) is 0 Å². The van der Waals surface area contributed by atoms with Crippen LogP contribution >= 0.6 is 7.60 Å². The van der Waals surface area contributed by atoms with Crippen molar-refractivity contribution >= 4 is 43.0 Å². The van der Waals surface area contributed by atoms with Gasteiger partial charge in [0.2, 0.25) is 35.4 Å². The molecule has 0 saturated carbocycles. The number of amides is 6. The van der Waals surface area contributed by atoms with Crippen molar-refractivity contribution in [3.8, 4) is 0 Å². The second-order valence-corrected chi connectivity index (χ2v) is 18.4. The van der Waals surface area contributed by atoms with Gasteiger partial charge >= 0.3 is 7.60 Å². The number of aromatic amines is 1. The summed E-state index contributed by atoms with van der Waals surface area (Å²) in [6, 6.07) is -5.96. The number of rotatable bonds is 40. The Morgan fingerprint density at radius 3 is 1.71 bits per heavy atom. The van der Waals surface area contributed by atoms with E-state index in [-0.39, 0.29) is 44.3 Å². The fourth-order valence-electron chi connectivity index (χ4n) is 6.91. The van der Waals surface area contributed by atoms with E-state index >= 15 is 0 Å². The summed E-state index contributed by atoms with van der Waals surface area (Å²) in [5.41, 5.74) is 5.86. The molecule has 0 unspecified atom stereocenters. The molecule has 1 aliphatic heterocycles. The number of nitrogens with two attached hydrogens (primary N) is 1. The summed E-state index contributed by atoms with van der Waals surface area (Å²) < 4.78 is 54.7. The number of nitrogens with one attached hydrogen (secondary N) is 5. The molecule has 1 saturated heterocycles. The zero-order valence-electron chi connectivity index (χ0n) is 40.7. The van der Waals surface area contributed by atoms with Crippen molar-refractivity contribution in [3.05, 3.63) is 18.2 Å². The highest BCUT2D eigenvalue weighted by Crippen LogP contribution is 2.37. The number of hydrogen-bond donors (Lipinski definition) is 8. The number of carbonyl (C=O) groups is 6. The summed E-state index contributed by atoms with van der Waals surface area (Å²) in [7, 11) is -2.94. The highest BCUT2D eigenvalue weighted by molar-refractivity contribution is 7.51. The normalized spacial score (nSPS) is 16.1. The molecular weight excluding hydrogens is 931 g/mol. The number of methoxy groups -OCH3 is 1. The standard InChI is InChI=1S/C43H77N8O17P/c1-30(2)25-34(42(56)48-35(26-33-27-45-29-46-33)41(55)47-32(4)40(54)50-38(39(44)53)31(3)28-69(58,59)60)49-43(57)36-7-6-9-51(36)37(52)8-10-62-13-14-64-17-18-66-21-22-68-24-23-67-20-19-65-16-15-63-12-11-61-5/h27,29-32,34-36,38H,6-26,28H2,1-5H3,(H2,44,53)(H,45,46)(H,47,55)(H,48,56)(H,49,57)(H,50,54)(H2,58,59,60)/t31-,32-,34-,35-,36-,38-/m0/s1. The van der Waals surface area contributed by atoms with E-state index in [2.05, 4.69) is 31.2 Å². The molecule has 1 fully saturated rings. The van der Waals surface area contributed by atoms with Crippen molar-refractivity contribution < 1.29 is 81.0 Å². The molecule has 26 heteroatoms. The summed E-state index contributed by atoms with van der Waals surface area (Å²) in [5.74, 6) is -5.31. The SMILES string of the molecule is COCCOCCOCCOCCOCCOCCOCCOCCC(=O)N1CCC[C@H]1C(=O)N[C@@H](CC(C)C)C(=O)N[C@@H](Cc1cnc[nH]1)C(=O)N[C@@H](C)C(=O)N[C@H](C(N)=O)[C@@H](C)CP(=O)(O)O. The number of primary amides is 1. The van der Waals surface area contributed by atoms with Gasteiger partial charge in [-0.25, -0.2) is 4.98 Å². The van der Waals surface area contributed by atoms with Gasteiger partial charge in [0, 0.05) is 32.0 Å². The second-order valence-electron chi connectivity index (χ2n) is 16.8. The molecule has 1 aliphatic rings. The highest BCUT2D eigenvalue weighted by atomic mass is 31.2. The Hall–Kier alpha value is -4.14. The van der Waals surface area contributed by atoms with Gasteiger partial charge in [-0.15, -0.1) is 0 Å². The van der Waals surface area contributed by atoms with Crippen LogP contribution in [0, 0.1) is 11.8 Å². The van der Waals surface area contributed by atoms with Gasteiger partial charge in [-0.2, -0.15) is 0 Å². The van der Waals surface area contributed by atoms with Crippen molar-refractivity contribution in [2.75, 3.05) is 119 Å². The van der Waals surface area contributed by atoms with Gasteiger partial charge in [-0.1, -0.05) is 20.8 Å². The number of aromatic nitrogens is 2. The summed E-state index contributed by atoms with van der Waals surface area (Å²) >= 11 is 0. The van der Waals surface area contributed by atoms with Gasteiger partial charge in [0.1, 0.15) is 30.2 Å². The molecule has 1 aromatic heterocycles. The topological polar surface area (TPSA) is 340 Å². The van der Waals surface area contributed by atoms with Crippen LogP contribution in [0.1, 0.15) is 59.1 Å². The monoisotopic (exact) mass is 1010 g/mol. The maximum Gasteiger partial charge on any atom is 0.325 e. The average molecular weight is 1010 g/mol. The van der Waals surface area contributed by atoms with Crippen molar-refractivity contribution in [2.24, 2.45) is 17.6 Å². The third kappa shape index (κ3) is 27.2. The second kappa shape index (κ2) is 35.0. The van der Waals surface area contributed by atoms with Crippen LogP contribution in [0.3, 0.4) is 0 Å². The first-order valence-electron chi connectivity index (χ1n) is 23.3. The Morgan fingerprint density at radius 2 is 1.25 bits per heavy atom. The summed E-state index contributed by atoms with van der Waals surface area (Å²) in [6.07, 6.45) is 3.19. The molecule has 0 aromatic carbocycles. The first-order chi connectivity index (χ1) is 32.9. The predicted octanol–water partition coefficient (Wildman–Crippen LogP) is -1.60. The molecule has 9 N–H and O–H groups in total. The summed E-state index contributed by atoms with van der Waals surface area (Å²) in [5, 5.41) is 10.3. The van der Waals surface area contributed by atoms with Crippen molar-refractivity contribution in [3.63, 3.8) is 0 Å². The molecular formula is C43H77N8O17P. The molecule has 6 amide bonds. The molecule has 6 atom stereocenters. The third-order valence-electron chi connectivity index (χ3n) is 10.4. The Morgan fingerprint density at radius 1 is 0.739 bits per heavy atom. The molecule has 2 rings (SSSR count). The minimum atomic E-state index is -4.56. The minimum absolute atomic E-state index is 0.0309. The van der Waals surface area contributed by atoms with E-state index in [9.17, 15) is 43.1 Å². The van der Waals surface area contributed by atoms with Gasteiger partial charge in [-0.3, -0.25) is 33.3 Å². The van der Waals surface area contributed by atoms with E-state index in [1.165, 1.54) is 31.3 Å². The van der Waals surface area contributed by atoms with Crippen LogP contribution in [0.2, 0.25) is 0 Å². The molecule has 0 spiro atoms. The molecule has 25 nitrogen and oxygen atoms in total. The molecule has 0 bridgehead atoms. The number of imidazole rings is 1. The lowest BCUT2D eigenvalue weighted by molar-refractivity contribution is -0.140. The zero-order chi connectivity index (χ0) is 51.0. The fourth-order valence-corrected chi connectivity index (χ4v) is 7.87. The Balaban J connectivity index is 1.77. The van der Waals surface area contributed by atoms with Crippen LogP contribution in [0.25, 0.3) is 0 Å². The maximum atomic E-state index is 13.9. The summed E-state index contributed by atoms with van der Waals surface area (Å²) in [6.45, 7) is 12.9. The fraction of sp³-hybridized carbons (Fsp3) is 0.791. The first-order valence-corrected chi connectivity index (χ1v) is 25.1. The van der Waals surface area contributed by atoms with Crippen molar-refractivity contribution in [1.29, 1.82) is 0 Å². The van der Waals surface area contributed by atoms with Gasteiger partial charge in [0.05, 0.1) is 118 Å². The minimum Gasteiger partial charge on any atom is -0.382 e. The zero-order valence-corrected chi connectivity index (χ0v) is 41.6. The maximum absolute atomic E-state index is 13.9. The van der Waals surface area contributed by atoms with E-state index in [0.717, 1.165) is 0 Å². The van der Waals surface area contributed by atoms with Crippen LogP contribution in [-0.4, -0.2) is 209 Å². The number of ether oxygens (including phenoxy) is 8. The van der Waals surface area contributed by atoms with Crippen LogP contribution < -0.4 is 27.0 Å². The number of H-pyrrole nitrogens is 1. The van der Waals surface area contributed by atoms with Crippen molar-refractivity contribution in [1.82, 2.24) is 36.1 Å². The van der Waals surface area contributed by atoms with E-state index in [4.69, 9.17) is 43.6 Å². The van der Waals surface area contributed by atoms with E-state index in [1.807, 2.05) is 13.8 Å². The first kappa shape index (κ1) is 61.0. The van der Waals surface area contributed by atoms with Crippen LogP contribution in [0.5, 0.6) is 0 Å². The Labute approximate surface area is 404 Å². The van der Waals surface area contributed by atoms with Gasteiger partial charge in [0.25, 0.3) is 0 Å². The lowest BCUT2D eigenvalue weighted by Gasteiger charge is -2.28. The van der Waals surface area contributed by atoms with Gasteiger partial charge in [-0.05, 0) is 38.0 Å². The summed E-state index contributed by atoms with van der Waals surface area (Å²) in [4.78, 5) is 107. The molecule has 69 heavy (non-hydrogen) atoms. The molecule has 2 heterocycles. The largest absolute Gasteiger partial charge is 0.382 e. The number of nitrogens with zero attached hydrogens (tertiary/aromatic N) is 2.